The van der Waals surface area contributed by atoms with Gasteiger partial charge in [0.15, 0.2) is 0 Å². The number of nitrogens with one attached hydrogen (secondary N) is 1. The van der Waals surface area contributed by atoms with E-state index in [1.165, 1.54) is 70.6 Å². The van der Waals surface area contributed by atoms with E-state index in [1.54, 1.807) is 0 Å². The summed E-state index contributed by atoms with van der Waals surface area (Å²) < 4.78 is 0. The monoisotopic (exact) mass is 373 g/mol. The Morgan fingerprint density at radius 1 is 0.840 bits per heavy atom. The van der Waals surface area contributed by atoms with Crippen LogP contribution in [-0.2, 0) is 9.59 Å². The topological polar surface area (TPSA) is 66.4 Å². The quantitative estimate of drug-likeness (QED) is 0.224. The Morgan fingerprint density at radius 3 is 1.68 bits per heavy atom. The fourth-order valence-corrected chi connectivity index (χ4v) is 3.21. The first-order chi connectivity index (χ1) is 12.1. The molecule has 2 N–H and O–H groups in total. The van der Waals surface area contributed by atoms with Crippen LogP contribution in [0.15, 0.2) is 0 Å². The molecule has 0 heterocycles. The molecule has 4 nitrogen and oxygen atoms in total. The summed E-state index contributed by atoms with van der Waals surface area (Å²) in [5, 5.41) is 11.6. The van der Waals surface area contributed by atoms with Crippen LogP contribution in [0.3, 0.4) is 0 Å². The molecule has 0 spiro atoms. The largest absolute Gasteiger partial charge is 0.480 e. The van der Waals surface area contributed by atoms with Crippen molar-refractivity contribution in [3.05, 3.63) is 0 Å². The molecule has 0 aromatic carbocycles. The summed E-state index contributed by atoms with van der Waals surface area (Å²) in [6.07, 6.45) is 17.3. The maximum atomic E-state index is 11.7. The Balaban J connectivity index is 3.37. The van der Waals surface area contributed by atoms with Crippen molar-refractivity contribution in [2.75, 3.05) is 5.75 Å². The molecule has 0 aliphatic heterocycles. The summed E-state index contributed by atoms with van der Waals surface area (Å²) in [4.78, 5) is 22.7. The molecule has 0 fully saturated rings. The first-order valence-electron chi connectivity index (χ1n) is 10.2. The van der Waals surface area contributed by atoms with E-state index in [-0.39, 0.29) is 5.91 Å². The van der Waals surface area contributed by atoms with Gasteiger partial charge in [-0.3, -0.25) is 4.79 Å². The molecule has 0 aliphatic carbocycles. The molecular weight excluding hydrogens is 334 g/mol. The number of rotatable bonds is 18. The van der Waals surface area contributed by atoms with E-state index >= 15 is 0 Å². The third-order valence-electron chi connectivity index (χ3n) is 4.56. The molecule has 0 aromatic rings. The normalized spacial score (nSPS) is 12.1. The molecule has 0 unspecified atom stereocenters. The third kappa shape index (κ3) is 16.5. The van der Waals surface area contributed by atoms with Crippen molar-refractivity contribution in [2.45, 2.75) is 109 Å². The van der Waals surface area contributed by atoms with E-state index in [0.29, 0.717) is 18.6 Å². The zero-order chi connectivity index (χ0) is 18.8. The van der Waals surface area contributed by atoms with Gasteiger partial charge < -0.3 is 10.4 Å². The van der Waals surface area contributed by atoms with E-state index in [4.69, 9.17) is 5.11 Å². The minimum absolute atomic E-state index is 0.155. The van der Waals surface area contributed by atoms with Crippen molar-refractivity contribution in [3.63, 3.8) is 0 Å². The zero-order valence-corrected chi connectivity index (χ0v) is 17.0. The summed E-state index contributed by atoms with van der Waals surface area (Å²) >= 11 is 4.02. The van der Waals surface area contributed by atoms with Crippen LogP contribution in [0.4, 0.5) is 0 Å². The van der Waals surface area contributed by atoms with Gasteiger partial charge in [0.05, 0.1) is 0 Å². The van der Waals surface area contributed by atoms with Crippen molar-refractivity contribution in [2.24, 2.45) is 0 Å². The van der Waals surface area contributed by atoms with Gasteiger partial charge in [0.25, 0.3) is 0 Å². The second-order valence-electron chi connectivity index (χ2n) is 6.96. The second kappa shape index (κ2) is 18.1. The van der Waals surface area contributed by atoms with Crippen molar-refractivity contribution in [3.8, 4) is 0 Å². The van der Waals surface area contributed by atoms with Crippen molar-refractivity contribution < 1.29 is 14.7 Å². The lowest BCUT2D eigenvalue weighted by molar-refractivity contribution is -0.141. The molecule has 1 amide bonds. The molecule has 1 atom stereocenters. The highest BCUT2D eigenvalue weighted by Crippen LogP contribution is 2.13. The fraction of sp³-hybridized carbons (Fsp3) is 0.900. The van der Waals surface area contributed by atoms with Gasteiger partial charge in [-0.2, -0.15) is 12.6 Å². The number of carboxylic acid groups (broad SMARTS) is 1. The molecule has 5 heteroatoms. The van der Waals surface area contributed by atoms with Gasteiger partial charge in [-0.1, -0.05) is 84.0 Å². The Bertz CT molecular complexity index is 337. The van der Waals surface area contributed by atoms with Crippen LogP contribution in [-0.4, -0.2) is 28.8 Å². The van der Waals surface area contributed by atoms with Crippen LogP contribution >= 0.6 is 12.6 Å². The van der Waals surface area contributed by atoms with Gasteiger partial charge in [0.2, 0.25) is 5.91 Å². The summed E-state index contributed by atoms with van der Waals surface area (Å²) in [6.45, 7) is 2.25. The van der Waals surface area contributed by atoms with Crippen molar-refractivity contribution in [1.82, 2.24) is 5.32 Å². The van der Waals surface area contributed by atoms with Crippen molar-refractivity contribution in [1.29, 1.82) is 0 Å². The SMILES string of the molecule is CCCCCCCCCCCCCCCC(=O)N[C@H](CCS)C(=O)O. The summed E-state index contributed by atoms with van der Waals surface area (Å²) in [5.41, 5.74) is 0. The molecule has 0 rings (SSSR count). The van der Waals surface area contributed by atoms with E-state index in [1.807, 2.05) is 0 Å². The van der Waals surface area contributed by atoms with Gasteiger partial charge in [-0.05, 0) is 18.6 Å². The molecule has 0 aliphatic rings. The highest BCUT2D eigenvalue weighted by molar-refractivity contribution is 7.80. The number of carbonyl (C=O) groups excluding carboxylic acids is 1. The van der Waals surface area contributed by atoms with Gasteiger partial charge >= 0.3 is 5.97 Å². The Hall–Kier alpha value is -0.710. The Morgan fingerprint density at radius 2 is 1.28 bits per heavy atom. The highest BCUT2D eigenvalue weighted by atomic mass is 32.1. The van der Waals surface area contributed by atoms with Gasteiger partial charge in [0, 0.05) is 6.42 Å². The molecule has 25 heavy (non-hydrogen) atoms. The van der Waals surface area contributed by atoms with Crippen LogP contribution in [0.5, 0.6) is 0 Å². The number of thiol groups is 1. The number of carboxylic acids is 1. The van der Waals surface area contributed by atoms with Crippen LogP contribution in [0.2, 0.25) is 0 Å². The van der Waals surface area contributed by atoms with E-state index in [9.17, 15) is 9.59 Å². The number of amides is 1. The number of hydrogen-bond donors (Lipinski definition) is 3. The van der Waals surface area contributed by atoms with E-state index in [0.717, 1.165) is 12.8 Å². The second-order valence-corrected chi connectivity index (χ2v) is 7.41. The molecule has 0 aromatic heterocycles. The lowest BCUT2D eigenvalue weighted by Crippen LogP contribution is -2.40. The Kier molecular flexibility index (Phi) is 17.6. The van der Waals surface area contributed by atoms with Crippen LogP contribution in [0.1, 0.15) is 103 Å². The van der Waals surface area contributed by atoms with Crippen LogP contribution < -0.4 is 5.32 Å². The lowest BCUT2D eigenvalue weighted by atomic mass is 10.0. The Labute approximate surface area is 159 Å². The first kappa shape index (κ1) is 24.3. The minimum Gasteiger partial charge on any atom is -0.480 e. The molecule has 0 saturated carbocycles. The molecule has 0 radical (unpaired) electrons. The molecule has 0 bridgehead atoms. The zero-order valence-electron chi connectivity index (χ0n) is 16.1. The maximum absolute atomic E-state index is 11.7. The number of aliphatic carboxylic acids is 1. The van der Waals surface area contributed by atoms with Gasteiger partial charge in [0.1, 0.15) is 6.04 Å². The average molecular weight is 374 g/mol. The summed E-state index contributed by atoms with van der Waals surface area (Å²) in [5.74, 6) is -0.680. The lowest BCUT2D eigenvalue weighted by Gasteiger charge is -2.13. The molecule has 148 valence electrons. The summed E-state index contributed by atoms with van der Waals surface area (Å²) in [7, 11) is 0. The van der Waals surface area contributed by atoms with Crippen molar-refractivity contribution >= 4 is 24.5 Å². The van der Waals surface area contributed by atoms with E-state index < -0.39 is 12.0 Å². The van der Waals surface area contributed by atoms with Crippen LogP contribution in [0, 0.1) is 0 Å². The predicted octanol–water partition coefficient (Wildman–Crippen LogP) is 5.36. The molecule has 0 saturated heterocycles. The fourth-order valence-electron chi connectivity index (χ4n) is 2.96. The first-order valence-corrected chi connectivity index (χ1v) is 10.9. The third-order valence-corrected chi connectivity index (χ3v) is 4.82. The molecular formula is C20H39NO3S. The van der Waals surface area contributed by atoms with Gasteiger partial charge in [-0.15, -0.1) is 0 Å². The summed E-state index contributed by atoms with van der Waals surface area (Å²) in [6, 6.07) is -0.799. The smallest absolute Gasteiger partial charge is 0.326 e. The predicted molar refractivity (Wildman–Crippen MR) is 108 cm³/mol. The average Bonchev–Trinajstić information content (AvgIpc) is 2.58. The standard InChI is InChI=1S/C20H39NO3S/c1-2-3-4-5-6-7-8-9-10-11-12-13-14-15-19(22)21-18(16-17-25)20(23)24/h18,25H,2-17H2,1H3,(H,21,22)(H,23,24)/t18-/m1/s1. The number of hydrogen-bond acceptors (Lipinski definition) is 3. The highest BCUT2D eigenvalue weighted by Gasteiger charge is 2.18. The van der Waals surface area contributed by atoms with Crippen LogP contribution in [0.25, 0.3) is 0 Å². The minimum atomic E-state index is -0.979. The maximum Gasteiger partial charge on any atom is 0.326 e. The number of carbonyl (C=O) groups is 2. The van der Waals surface area contributed by atoms with E-state index in [2.05, 4.69) is 24.9 Å². The number of unbranched alkanes of at least 4 members (excludes halogenated alkanes) is 12. The van der Waals surface area contributed by atoms with Gasteiger partial charge in [-0.25, -0.2) is 4.79 Å².